The summed E-state index contributed by atoms with van der Waals surface area (Å²) in [5, 5.41) is 0.845. The average molecular weight is 642 g/mol. The third kappa shape index (κ3) is 7.01. The van der Waals surface area contributed by atoms with Gasteiger partial charge in [-0.2, -0.15) is 16.8 Å². The van der Waals surface area contributed by atoms with Crippen LogP contribution in [0.3, 0.4) is 0 Å². The molecule has 0 N–H and O–H groups in total. The largest absolute Gasteiger partial charge is 0.352 e. The molecule has 1 fully saturated rings. The summed E-state index contributed by atoms with van der Waals surface area (Å²) in [6.07, 6.45) is 0. The van der Waals surface area contributed by atoms with Crippen LogP contribution in [0, 0.1) is 0 Å². The zero-order valence-corrected chi connectivity index (χ0v) is 25.4. The van der Waals surface area contributed by atoms with Crippen molar-refractivity contribution in [2.75, 3.05) is 26.2 Å². The highest BCUT2D eigenvalue weighted by Gasteiger charge is 2.27. The first kappa shape index (κ1) is 29.8. The molecule has 1 aliphatic rings. The fourth-order valence-corrected chi connectivity index (χ4v) is 6.76. The highest BCUT2D eigenvalue weighted by Crippen LogP contribution is 2.22. The van der Waals surface area contributed by atoms with Crippen molar-refractivity contribution in [2.24, 2.45) is 8.80 Å². The van der Waals surface area contributed by atoms with Gasteiger partial charge in [0, 0.05) is 47.4 Å². The molecule has 1 heterocycles. The number of amidine groups is 2. The molecule has 0 unspecified atom stereocenters. The summed E-state index contributed by atoms with van der Waals surface area (Å²) in [4.78, 5) is 3.83. The van der Waals surface area contributed by atoms with E-state index in [0.717, 1.165) is 0 Å². The summed E-state index contributed by atoms with van der Waals surface area (Å²) in [6.45, 7) is 1.49. The van der Waals surface area contributed by atoms with Crippen molar-refractivity contribution >= 4 is 54.9 Å². The van der Waals surface area contributed by atoms with E-state index in [9.17, 15) is 16.8 Å². The van der Waals surface area contributed by atoms with Crippen LogP contribution in [0.4, 0.5) is 0 Å². The van der Waals surface area contributed by atoms with E-state index in [1.807, 2.05) is 46.2 Å². The van der Waals surface area contributed by atoms with Crippen molar-refractivity contribution in [3.8, 4) is 0 Å². The molecule has 1 saturated heterocycles. The van der Waals surface area contributed by atoms with Crippen LogP contribution in [0.2, 0.25) is 10.0 Å². The Morgan fingerprint density at radius 3 is 1.12 bits per heavy atom. The van der Waals surface area contributed by atoms with Crippen LogP contribution in [0.1, 0.15) is 11.1 Å². The van der Waals surface area contributed by atoms with Crippen molar-refractivity contribution in [1.29, 1.82) is 0 Å². The number of benzene rings is 4. The molecule has 0 aromatic heterocycles. The fourth-order valence-electron chi connectivity index (χ4n) is 4.44. The molecule has 12 heteroatoms. The molecule has 0 aliphatic carbocycles. The molecule has 216 valence electrons. The van der Waals surface area contributed by atoms with Gasteiger partial charge in [-0.25, -0.2) is 0 Å². The number of piperazine rings is 1. The lowest BCUT2D eigenvalue weighted by molar-refractivity contribution is 0.260. The van der Waals surface area contributed by atoms with Gasteiger partial charge in [0.05, 0.1) is 9.79 Å². The highest BCUT2D eigenvalue weighted by atomic mass is 35.5. The third-order valence-electron chi connectivity index (χ3n) is 6.58. The number of nitrogens with zero attached hydrogens (tertiary/aromatic N) is 4. The van der Waals surface area contributed by atoms with E-state index >= 15 is 0 Å². The number of sulfonamides is 2. The molecular formula is C30H26Cl2N4O4S2. The maximum Gasteiger partial charge on any atom is 0.284 e. The molecule has 4 aromatic carbocycles. The van der Waals surface area contributed by atoms with Gasteiger partial charge >= 0.3 is 0 Å². The lowest BCUT2D eigenvalue weighted by atomic mass is 10.1. The van der Waals surface area contributed by atoms with Crippen LogP contribution in [-0.2, 0) is 20.0 Å². The topological polar surface area (TPSA) is 99.5 Å². The zero-order valence-electron chi connectivity index (χ0n) is 22.2. The second-order valence-corrected chi connectivity index (χ2v) is 13.5. The van der Waals surface area contributed by atoms with Crippen LogP contribution < -0.4 is 0 Å². The molecule has 0 radical (unpaired) electrons. The lowest BCUT2D eigenvalue weighted by Crippen LogP contribution is -2.51. The first-order valence-corrected chi connectivity index (χ1v) is 16.6. The predicted molar refractivity (Wildman–Crippen MR) is 166 cm³/mol. The number of rotatable bonds is 6. The van der Waals surface area contributed by atoms with Gasteiger partial charge in [-0.3, -0.25) is 0 Å². The van der Waals surface area contributed by atoms with Gasteiger partial charge in [0.2, 0.25) is 0 Å². The van der Waals surface area contributed by atoms with E-state index in [0.29, 0.717) is 59.0 Å². The fraction of sp³-hybridized carbons (Fsp3) is 0.133. The van der Waals surface area contributed by atoms with Gasteiger partial charge in [-0.05, 0) is 48.5 Å². The molecule has 5 rings (SSSR count). The molecule has 1 aliphatic heterocycles. The highest BCUT2D eigenvalue weighted by molar-refractivity contribution is 7.90. The second-order valence-electron chi connectivity index (χ2n) is 9.39. The average Bonchev–Trinajstić information content (AvgIpc) is 3.00. The maximum absolute atomic E-state index is 13.3. The van der Waals surface area contributed by atoms with Crippen molar-refractivity contribution in [3.63, 3.8) is 0 Å². The number of halogens is 2. The van der Waals surface area contributed by atoms with Gasteiger partial charge < -0.3 is 9.80 Å². The predicted octanol–water partition coefficient (Wildman–Crippen LogP) is 5.58. The van der Waals surface area contributed by atoms with Gasteiger partial charge in [0.1, 0.15) is 11.7 Å². The van der Waals surface area contributed by atoms with Crippen molar-refractivity contribution < 1.29 is 16.8 Å². The molecule has 4 aromatic rings. The first-order chi connectivity index (χ1) is 20.1. The van der Waals surface area contributed by atoms with Gasteiger partial charge in [0.25, 0.3) is 20.0 Å². The Hall–Kier alpha value is -3.70. The molecular weight excluding hydrogens is 615 g/mol. The summed E-state index contributed by atoms with van der Waals surface area (Å²) in [6, 6.07) is 29.9. The molecule has 0 bridgehead atoms. The summed E-state index contributed by atoms with van der Waals surface area (Å²) in [5.74, 6) is 0.606. The van der Waals surface area contributed by atoms with Gasteiger partial charge in [-0.15, -0.1) is 8.80 Å². The Morgan fingerprint density at radius 2 is 0.810 bits per heavy atom. The summed E-state index contributed by atoms with van der Waals surface area (Å²) < 4.78 is 61.6. The normalized spacial score (nSPS) is 15.1. The van der Waals surface area contributed by atoms with Gasteiger partial charge in [0.15, 0.2) is 0 Å². The van der Waals surface area contributed by atoms with E-state index in [4.69, 9.17) is 23.2 Å². The lowest BCUT2D eigenvalue weighted by Gasteiger charge is -2.38. The number of hydrogen-bond donors (Lipinski definition) is 0. The molecule has 0 atom stereocenters. The minimum atomic E-state index is -4.04. The zero-order chi connectivity index (χ0) is 29.7. The molecule has 0 saturated carbocycles. The Labute approximate surface area is 255 Å². The van der Waals surface area contributed by atoms with Gasteiger partial charge in [-0.1, -0.05) is 83.9 Å². The van der Waals surface area contributed by atoms with E-state index in [2.05, 4.69) is 8.80 Å². The summed E-state index contributed by atoms with van der Waals surface area (Å²) >= 11 is 11.9. The van der Waals surface area contributed by atoms with Crippen molar-refractivity contribution in [3.05, 3.63) is 130 Å². The van der Waals surface area contributed by atoms with E-state index in [-0.39, 0.29) is 9.79 Å². The monoisotopic (exact) mass is 640 g/mol. The van der Waals surface area contributed by atoms with E-state index in [1.165, 1.54) is 48.5 Å². The van der Waals surface area contributed by atoms with E-state index in [1.54, 1.807) is 24.3 Å². The molecule has 0 spiro atoms. The van der Waals surface area contributed by atoms with Crippen LogP contribution in [0.5, 0.6) is 0 Å². The first-order valence-electron chi connectivity index (χ1n) is 12.9. The van der Waals surface area contributed by atoms with Crippen LogP contribution >= 0.6 is 23.2 Å². The van der Waals surface area contributed by atoms with Crippen LogP contribution in [0.25, 0.3) is 0 Å². The quantitative estimate of drug-likeness (QED) is 0.201. The summed E-state index contributed by atoms with van der Waals surface area (Å²) in [7, 11) is -8.09. The standard InChI is InChI=1S/C30H26Cl2N4O4S2/c31-25-11-15-27(16-12-25)41(37,38)33-29(23-7-3-1-4-8-23)35-19-21-36(22-20-35)30(24-9-5-2-6-10-24)34-42(39,40)28-17-13-26(32)14-18-28/h1-18H,19-22H2/b33-29+,34-30+. The Balaban J connectivity index is 1.46. The van der Waals surface area contributed by atoms with Crippen molar-refractivity contribution in [2.45, 2.75) is 9.79 Å². The SMILES string of the molecule is O=S(=O)(/N=C(\c1ccccc1)N1CCN(/C(=N/S(=O)(=O)c2ccc(Cl)cc2)c2ccccc2)CC1)c1ccc(Cl)cc1. The minimum Gasteiger partial charge on any atom is -0.352 e. The van der Waals surface area contributed by atoms with Crippen LogP contribution in [0.15, 0.2) is 128 Å². The Morgan fingerprint density at radius 1 is 0.500 bits per heavy atom. The molecule has 42 heavy (non-hydrogen) atoms. The Bertz CT molecular complexity index is 1670. The smallest absolute Gasteiger partial charge is 0.284 e. The minimum absolute atomic E-state index is 0.0323. The number of hydrogen-bond acceptors (Lipinski definition) is 4. The second kappa shape index (κ2) is 12.7. The third-order valence-corrected chi connectivity index (χ3v) is 9.65. The molecule has 0 amide bonds. The molecule has 8 nitrogen and oxygen atoms in total. The van der Waals surface area contributed by atoms with E-state index < -0.39 is 20.0 Å². The summed E-state index contributed by atoms with van der Waals surface area (Å²) in [5.41, 5.74) is 1.29. The maximum atomic E-state index is 13.3. The Kier molecular flexibility index (Phi) is 8.98. The van der Waals surface area contributed by atoms with Crippen molar-refractivity contribution in [1.82, 2.24) is 9.80 Å². The van der Waals surface area contributed by atoms with Crippen LogP contribution in [-0.4, -0.2) is 64.5 Å².